The second-order valence-electron chi connectivity index (χ2n) is 2.23. The minimum atomic E-state index is -3.07. The predicted octanol–water partition coefficient (Wildman–Crippen LogP) is -0.675. The zero-order valence-electron chi connectivity index (χ0n) is 5.83. The van der Waals surface area contributed by atoms with Crippen molar-refractivity contribution in [1.29, 1.82) is 0 Å². The molecule has 1 rings (SSSR count). The zero-order chi connectivity index (χ0) is 7.61. The molecular formula is C5H11NO3S. The molecular weight excluding hydrogens is 154 g/mol. The average Bonchev–Trinajstić information content (AvgIpc) is 2.38. The molecule has 1 saturated heterocycles. The third-order valence-electron chi connectivity index (χ3n) is 1.61. The lowest BCUT2D eigenvalue weighted by atomic mass is 10.4. The van der Waals surface area contributed by atoms with Crippen molar-refractivity contribution >= 4 is 10.0 Å². The highest BCUT2D eigenvalue weighted by atomic mass is 32.2. The fraction of sp³-hybridized carbons (Fsp3) is 1.00. The van der Waals surface area contributed by atoms with Crippen LogP contribution >= 0.6 is 0 Å². The van der Waals surface area contributed by atoms with Gasteiger partial charge in [-0.25, -0.2) is 13.1 Å². The Hall–Kier alpha value is -0.130. The maximum absolute atomic E-state index is 11.0. The molecule has 5 heteroatoms. The molecule has 1 fully saturated rings. The molecule has 0 aliphatic carbocycles. The van der Waals surface area contributed by atoms with Gasteiger partial charge in [-0.1, -0.05) is 0 Å². The molecule has 10 heavy (non-hydrogen) atoms. The zero-order valence-corrected chi connectivity index (χ0v) is 6.65. The van der Waals surface area contributed by atoms with Gasteiger partial charge in [0.05, 0.1) is 6.61 Å². The largest absolute Gasteiger partial charge is 0.380 e. The number of hydrogen-bond acceptors (Lipinski definition) is 3. The fourth-order valence-electron chi connectivity index (χ4n) is 0.924. The van der Waals surface area contributed by atoms with E-state index >= 15 is 0 Å². The number of hydrogen-bond donors (Lipinski definition) is 1. The molecule has 1 atom stereocenters. The van der Waals surface area contributed by atoms with Gasteiger partial charge in [-0.3, -0.25) is 0 Å². The number of nitrogens with one attached hydrogen (secondary N) is 1. The molecule has 0 radical (unpaired) electrons. The highest BCUT2D eigenvalue weighted by Crippen LogP contribution is 2.11. The van der Waals surface area contributed by atoms with E-state index in [4.69, 9.17) is 4.74 Å². The first-order valence-corrected chi connectivity index (χ1v) is 4.71. The summed E-state index contributed by atoms with van der Waals surface area (Å²) in [6.45, 7) is 0.898. The third-order valence-corrected chi connectivity index (χ3v) is 3.43. The van der Waals surface area contributed by atoms with Gasteiger partial charge in [0.2, 0.25) is 10.0 Å². The molecule has 0 saturated carbocycles. The molecule has 1 N–H and O–H groups in total. The van der Waals surface area contributed by atoms with Crippen molar-refractivity contribution < 1.29 is 13.2 Å². The Labute approximate surface area is 60.6 Å². The highest BCUT2D eigenvalue weighted by Gasteiger charge is 2.27. The Morgan fingerprint density at radius 2 is 2.30 bits per heavy atom. The van der Waals surface area contributed by atoms with Gasteiger partial charge in [0.15, 0.2) is 0 Å². The molecule has 0 aromatic heterocycles. The lowest BCUT2D eigenvalue weighted by Crippen LogP contribution is -2.31. The van der Waals surface area contributed by atoms with Crippen LogP contribution in [0, 0.1) is 0 Å². The first-order chi connectivity index (χ1) is 4.67. The Kier molecular flexibility index (Phi) is 2.28. The van der Waals surface area contributed by atoms with E-state index in [0.29, 0.717) is 19.6 Å². The van der Waals surface area contributed by atoms with Crippen molar-refractivity contribution in [2.24, 2.45) is 0 Å². The van der Waals surface area contributed by atoms with Gasteiger partial charge in [0.25, 0.3) is 0 Å². The van der Waals surface area contributed by atoms with Crippen LogP contribution in [-0.4, -0.2) is 33.9 Å². The smallest absolute Gasteiger partial charge is 0.216 e. The van der Waals surface area contributed by atoms with Gasteiger partial charge in [0, 0.05) is 6.61 Å². The minimum Gasteiger partial charge on any atom is -0.380 e. The van der Waals surface area contributed by atoms with E-state index in [-0.39, 0.29) is 5.25 Å². The number of ether oxygens (including phenoxy) is 1. The van der Waals surface area contributed by atoms with Gasteiger partial charge in [-0.15, -0.1) is 0 Å². The van der Waals surface area contributed by atoms with Crippen molar-refractivity contribution in [1.82, 2.24) is 4.72 Å². The maximum Gasteiger partial charge on any atom is 0.216 e. The molecule has 0 spiro atoms. The van der Waals surface area contributed by atoms with Crippen LogP contribution in [0.4, 0.5) is 0 Å². The van der Waals surface area contributed by atoms with Crippen molar-refractivity contribution in [3.63, 3.8) is 0 Å². The lowest BCUT2D eigenvalue weighted by Gasteiger charge is -2.06. The fourth-order valence-corrected chi connectivity index (χ4v) is 1.94. The summed E-state index contributed by atoms with van der Waals surface area (Å²) in [4.78, 5) is 0. The Bertz CT molecular complexity index is 193. The molecule has 1 aliphatic heterocycles. The molecule has 0 amide bonds. The number of sulfonamides is 1. The Morgan fingerprint density at radius 3 is 2.70 bits per heavy atom. The van der Waals surface area contributed by atoms with Gasteiger partial charge < -0.3 is 4.74 Å². The SMILES string of the molecule is CNS(=O)(=O)[C@H]1CCOC1. The van der Waals surface area contributed by atoms with Gasteiger partial charge in [-0.05, 0) is 13.5 Å². The normalized spacial score (nSPS) is 27.1. The molecule has 60 valence electrons. The van der Waals surface area contributed by atoms with Gasteiger partial charge >= 0.3 is 0 Å². The monoisotopic (exact) mass is 165 g/mol. The summed E-state index contributed by atoms with van der Waals surface area (Å²) in [5.41, 5.74) is 0. The first-order valence-electron chi connectivity index (χ1n) is 3.17. The molecule has 1 heterocycles. The summed E-state index contributed by atoms with van der Waals surface area (Å²) in [6, 6.07) is 0. The van der Waals surface area contributed by atoms with E-state index in [1.54, 1.807) is 0 Å². The van der Waals surface area contributed by atoms with Crippen LogP contribution in [0.3, 0.4) is 0 Å². The molecule has 0 aromatic carbocycles. The van der Waals surface area contributed by atoms with E-state index < -0.39 is 10.0 Å². The van der Waals surface area contributed by atoms with Gasteiger partial charge in [-0.2, -0.15) is 0 Å². The average molecular weight is 165 g/mol. The summed E-state index contributed by atoms with van der Waals surface area (Å²) in [7, 11) is -1.65. The van der Waals surface area contributed by atoms with Crippen LogP contribution in [0.5, 0.6) is 0 Å². The second-order valence-corrected chi connectivity index (χ2v) is 4.40. The van der Waals surface area contributed by atoms with E-state index in [1.807, 2.05) is 0 Å². The third kappa shape index (κ3) is 1.47. The first kappa shape index (κ1) is 7.97. The standard InChI is InChI=1S/C5H11NO3S/c1-6-10(7,8)5-2-3-9-4-5/h5-6H,2-4H2,1H3/t5-/m0/s1. The summed E-state index contributed by atoms with van der Waals surface area (Å²) in [5, 5.41) is -0.336. The van der Waals surface area contributed by atoms with Crippen molar-refractivity contribution in [3.05, 3.63) is 0 Å². The van der Waals surface area contributed by atoms with Crippen molar-refractivity contribution in [2.75, 3.05) is 20.3 Å². The van der Waals surface area contributed by atoms with Crippen molar-refractivity contribution in [3.8, 4) is 0 Å². The summed E-state index contributed by atoms with van der Waals surface area (Å²) < 4.78 is 29.2. The quantitative estimate of drug-likeness (QED) is 0.590. The topological polar surface area (TPSA) is 55.4 Å². The second kappa shape index (κ2) is 2.86. The summed E-state index contributed by atoms with van der Waals surface area (Å²) >= 11 is 0. The Morgan fingerprint density at radius 1 is 1.60 bits per heavy atom. The molecule has 1 aliphatic rings. The molecule has 0 unspecified atom stereocenters. The van der Waals surface area contributed by atoms with E-state index in [2.05, 4.69) is 4.72 Å². The predicted molar refractivity (Wildman–Crippen MR) is 37.2 cm³/mol. The highest BCUT2D eigenvalue weighted by molar-refractivity contribution is 7.90. The molecule has 0 bridgehead atoms. The van der Waals surface area contributed by atoms with Crippen molar-refractivity contribution in [2.45, 2.75) is 11.7 Å². The van der Waals surface area contributed by atoms with Crippen LogP contribution in [0.25, 0.3) is 0 Å². The molecule has 0 aromatic rings. The summed E-state index contributed by atoms with van der Waals surface area (Å²) in [6.07, 6.45) is 0.614. The van der Waals surface area contributed by atoms with Crippen LogP contribution in [-0.2, 0) is 14.8 Å². The van der Waals surface area contributed by atoms with E-state index in [9.17, 15) is 8.42 Å². The summed E-state index contributed by atoms with van der Waals surface area (Å²) in [5.74, 6) is 0. The van der Waals surface area contributed by atoms with Crippen LogP contribution in [0.1, 0.15) is 6.42 Å². The van der Waals surface area contributed by atoms with E-state index in [1.165, 1.54) is 7.05 Å². The number of rotatable bonds is 2. The maximum atomic E-state index is 11.0. The lowest BCUT2D eigenvalue weighted by molar-refractivity contribution is 0.198. The molecule has 4 nitrogen and oxygen atoms in total. The van der Waals surface area contributed by atoms with Gasteiger partial charge in [0.1, 0.15) is 5.25 Å². The Balaban J connectivity index is 2.63. The minimum absolute atomic E-state index is 0.336. The van der Waals surface area contributed by atoms with E-state index in [0.717, 1.165) is 0 Å². The van der Waals surface area contributed by atoms with Crippen LogP contribution in [0.15, 0.2) is 0 Å². The van der Waals surface area contributed by atoms with Crippen LogP contribution < -0.4 is 4.72 Å². The van der Waals surface area contributed by atoms with Crippen LogP contribution in [0.2, 0.25) is 0 Å².